The Morgan fingerprint density at radius 1 is 0.950 bits per heavy atom. The zero-order chi connectivity index (χ0) is 29.1. The van der Waals surface area contributed by atoms with E-state index in [9.17, 15) is 9.59 Å². The molecule has 7 nitrogen and oxygen atoms in total. The lowest BCUT2D eigenvalue weighted by Crippen LogP contribution is -2.21. The molecule has 5 rings (SSSR count). The van der Waals surface area contributed by atoms with E-state index in [-0.39, 0.29) is 12.1 Å². The Balaban J connectivity index is 0.000000285. The molecule has 1 aromatic heterocycles. The summed E-state index contributed by atoms with van der Waals surface area (Å²) in [4.78, 5) is 26.5. The molecule has 40 heavy (non-hydrogen) atoms. The van der Waals surface area contributed by atoms with Crippen molar-refractivity contribution in [3.05, 3.63) is 96.3 Å². The summed E-state index contributed by atoms with van der Waals surface area (Å²) in [6, 6.07) is 26.2. The standard InChI is InChI=1S/C22H23N3O2.C9H10O2.C2H6/c1-23-20-19(24-14-25(20)2)17-6-4-15(5-7-17)16-8-10-18(11-9-16)22(12-13-22)21(26)27-3;1-8(11-7-10)9-5-3-2-4-6-9;1-2/h4-11,14,23H,12-13H2,1-3H3;2-8H,1H3;1-2H3/t;8-;/m.1./s1. The highest BCUT2D eigenvalue weighted by atomic mass is 16.5. The number of esters is 1. The molecule has 0 unspecified atom stereocenters. The Morgan fingerprint density at radius 3 is 2.00 bits per heavy atom. The molecule has 0 saturated heterocycles. The largest absolute Gasteiger partial charge is 0.468 e. The van der Waals surface area contributed by atoms with Crippen LogP contribution in [0.3, 0.4) is 0 Å². The maximum Gasteiger partial charge on any atom is 0.316 e. The van der Waals surface area contributed by atoms with Gasteiger partial charge in [-0.25, -0.2) is 4.98 Å². The Labute approximate surface area is 237 Å². The van der Waals surface area contributed by atoms with Crippen molar-refractivity contribution < 1.29 is 19.1 Å². The third-order valence-electron chi connectivity index (χ3n) is 6.96. The van der Waals surface area contributed by atoms with Crippen LogP contribution in [0.2, 0.25) is 0 Å². The molecule has 7 heteroatoms. The van der Waals surface area contributed by atoms with Crippen molar-refractivity contribution in [2.75, 3.05) is 19.5 Å². The fourth-order valence-corrected chi connectivity index (χ4v) is 4.56. The second kappa shape index (κ2) is 14.1. The molecule has 0 aliphatic heterocycles. The molecule has 0 radical (unpaired) electrons. The van der Waals surface area contributed by atoms with Gasteiger partial charge in [0.2, 0.25) is 0 Å². The number of carbonyl (C=O) groups is 2. The van der Waals surface area contributed by atoms with Gasteiger partial charge in [0.05, 0.1) is 18.9 Å². The first-order valence-electron chi connectivity index (χ1n) is 13.6. The lowest BCUT2D eigenvalue weighted by molar-refractivity contribution is -0.143. The summed E-state index contributed by atoms with van der Waals surface area (Å²) >= 11 is 0. The van der Waals surface area contributed by atoms with E-state index < -0.39 is 5.41 Å². The monoisotopic (exact) mass is 541 g/mol. The molecule has 1 fully saturated rings. The van der Waals surface area contributed by atoms with Crippen molar-refractivity contribution in [3.63, 3.8) is 0 Å². The third kappa shape index (κ3) is 6.78. The molecule has 0 spiro atoms. The summed E-state index contributed by atoms with van der Waals surface area (Å²) in [6.07, 6.45) is 3.40. The van der Waals surface area contributed by atoms with Crippen molar-refractivity contribution in [1.29, 1.82) is 0 Å². The lowest BCUT2D eigenvalue weighted by Gasteiger charge is -2.13. The van der Waals surface area contributed by atoms with E-state index in [1.807, 2.05) is 88.2 Å². The van der Waals surface area contributed by atoms with E-state index in [2.05, 4.69) is 46.7 Å². The zero-order valence-electron chi connectivity index (χ0n) is 24.2. The van der Waals surface area contributed by atoms with E-state index in [4.69, 9.17) is 9.47 Å². The molecule has 3 aromatic carbocycles. The second-order valence-corrected chi connectivity index (χ2v) is 9.32. The van der Waals surface area contributed by atoms with Crippen molar-refractivity contribution in [1.82, 2.24) is 9.55 Å². The summed E-state index contributed by atoms with van der Waals surface area (Å²) in [5, 5.41) is 3.19. The summed E-state index contributed by atoms with van der Waals surface area (Å²) in [6.45, 7) is 6.31. The molecule has 1 atom stereocenters. The number of rotatable bonds is 8. The van der Waals surface area contributed by atoms with Gasteiger partial charge in [0.1, 0.15) is 17.6 Å². The molecule has 1 aliphatic rings. The normalized spacial score (nSPS) is 13.3. The van der Waals surface area contributed by atoms with Gasteiger partial charge in [-0.05, 0) is 42.0 Å². The minimum absolute atomic E-state index is 0.129. The predicted octanol–water partition coefficient (Wildman–Crippen LogP) is 6.95. The smallest absolute Gasteiger partial charge is 0.316 e. The average Bonchev–Trinajstić information content (AvgIpc) is 3.75. The number of nitrogens with one attached hydrogen (secondary N) is 1. The van der Waals surface area contributed by atoms with E-state index >= 15 is 0 Å². The van der Waals surface area contributed by atoms with Gasteiger partial charge in [-0.2, -0.15) is 0 Å². The molecular formula is C33H39N3O4. The lowest BCUT2D eigenvalue weighted by atomic mass is 9.93. The number of aromatic nitrogens is 2. The van der Waals surface area contributed by atoms with Gasteiger partial charge < -0.3 is 19.4 Å². The minimum Gasteiger partial charge on any atom is -0.468 e. The quantitative estimate of drug-likeness (QED) is 0.192. The van der Waals surface area contributed by atoms with Gasteiger partial charge in [-0.15, -0.1) is 0 Å². The van der Waals surface area contributed by atoms with Crippen molar-refractivity contribution in [2.24, 2.45) is 7.05 Å². The Hall–Kier alpha value is -4.39. The van der Waals surface area contributed by atoms with Gasteiger partial charge in [-0.3, -0.25) is 9.59 Å². The number of methoxy groups -OCH3 is 1. The molecule has 1 saturated carbocycles. The van der Waals surface area contributed by atoms with Gasteiger partial charge >= 0.3 is 5.97 Å². The fraction of sp³-hybridized carbons (Fsp3) is 0.303. The Kier molecular flexibility index (Phi) is 10.6. The van der Waals surface area contributed by atoms with Gasteiger partial charge in [-0.1, -0.05) is 92.7 Å². The first-order chi connectivity index (χ1) is 19.4. The number of benzene rings is 3. The van der Waals surface area contributed by atoms with E-state index in [0.717, 1.165) is 52.2 Å². The third-order valence-corrected chi connectivity index (χ3v) is 6.96. The number of anilines is 1. The number of hydrogen-bond acceptors (Lipinski definition) is 6. The summed E-state index contributed by atoms with van der Waals surface area (Å²) in [5.74, 6) is 0.861. The van der Waals surface area contributed by atoms with E-state index in [0.29, 0.717) is 6.47 Å². The zero-order valence-corrected chi connectivity index (χ0v) is 24.2. The summed E-state index contributed by atoms with van der Waals surface area (Å²) < 4.78 is 11.7. The second-order valence-electron chi connectivity index (χ2n) is 9.32. The first kappa shape index (κ1) is 30.2. The number of nitrogens with zero attached hydrogens (tertiary/aromatic N) is 2. The van der Waals surface area contributed by atoms with Crippen LogP contribution in [0.1, 0.15) is 50.8 Å². The highest BCUT2D eigenvalue weighted by Crippen LogP contribution is 2.49. The fourth-order valence-electron chi connectivity index (χ4n) is 4.56. The molecule has 1 N–H and O–H groups in total. The first-order valence-corrected chi connectivity index (χ1v) is 13.6. The topological polar surface area (TPSA) is 82.4 Å². The van der Waals surface area contributed by atoms with Crippen LogP contribution in [0.25, 0.3) is 22.4 Å². The highest BCUT2D eigenvalue weighted by molar-refractivity contribution is 5.87. The molecule has 1 heterocycles. The maximum absolute atomic E-state index is 12.0. The predicted molar refractivity (Wildman–Crippen MR) is 160 cm³/mol. The molecule has 0 amide bonds. The number of carbonyl (C=O) groups excluding carboxylic acids is 2. The van der Waals surface area contributed by atoms with Crippen LogP contribution in [0.15, 0.2) is 85.2 Å². The van der Waals surface area contributed by atoms with Crippen LogP contribution < -0.4 is 5.32 Å². The van der Waals surface area contributed by atoms with Crippen LogP contribution in [-0.2, 0) is 31.5 Å². The van der Waals surface area contributed by atoms with Crippen LogP contribution in [0.5, 0.6) is 0 Å². The number of hydrogen-bond donors (Lipinski definition) is 1. The SMILES string of the molecule is CC.CNc1c(-c2ccc(-c3ccc(C4(C(=O)OC)CC4)cc3)cc2)ncn1C.C[C@@H](OC=O)c1ccccc1. The molecule has 0 bridgehead atoms. The van der Waals surface area contributed by atoms with Crippen molar-refractivity contribution >= 4 is 18.3 Å². The average molecular weight is 542 g/mol. The highest BCUT2D eigenvalue weighted by Gasteiger charge is 2.52. The molecule has 1 aliphatic carbocycles. The Morgan fingerprint density at radius 2 is 1.50 bits per heavy atom. The Bertz CT molecular complexity index is 1360. The molecule has 4 aromatic rings. The number of ether oxygens (including phenoxy) is 2. The van der Waals surface area contributed by atoms with E-state index in [1.165, 1.54) is 7.11 Å². The summed E-state index contributed by atoms with van der Waals surface area (Å²) in [5.41, 5.74) is 5.91. The minimum atomic E-state index is -0.417. The molecule has 210 valence electrons. The van der Waals surface area contributed by atoms with Gasteiger partial charge in [0, 0.05) is 19.7 Å². The maximum atomic E-state index is 12.0. The van der Waals surface area contributed by atoms with Crippen LogP contribution in [-0.4, -0.2) is 36.2 Å². The van der Waals surface area contributed by atoms with Gasteiger partial charge in [0.25, 0.3) is 6.47 Å². The number of aryl methyl sites for hydroxylation is 1. The van der Waals surface area contributed by atoms with Gasteiger partial charge in [0.15, 0.2) is 0 Å². The van der Waals surface area contributed by atoms with Crippen molar-refractivity contribution in [2.45, 2.75) is 45.1 Å². The van der Waals surface area contributed by atoms with Crippen LogP contribution in [0.4, 0.5) is 5.82 Å². The van der Waals surface area contributed by atoms with E-state index in [1.54, 1.807) is 0 Å². The van der Waals surface area contributed by atoms with Crippen LogP contribution >= 0.6 is 0 Å². The molecular weight excluding hydrogens is 502 g/mol. The van der Waals surface area contributed by atoms with Crippen LogP contribution in [0, 0.1) is 0 Å². The number of imidazole rings is 1. The van der Waals surface area contributed by atoms with Crippen molar-refractivity contribution in [3.8, 4) is 22.4 Å². The summed E-state index contributed by atoms with van der Waals surface area (Å²) in [7, 11) is 5.33.